The Kier molecular flexibility index (Phi) is 8.85. The Morgan fingerprint density at radius 3 is 2.44 bits per heavy atom. The van der Waals surface area contributed by atoms with Crippen LogP contribution in [-0.4, -0.2) is 80.3 Å². The fraction of sp³-hybridized carbons (Fsp3) is 0.842. The van der Waals surface area contributed by atoms with Gasteiger partial charge in [0, 0.05) is 39.8 Å². The van der Waals surface area contributed by atoms with Gasteiger partial charge in [0.2, 0.25) is 0 Å². The summed E-state index contributed by atoms with van der Waals surface area (Å²) in [6.45, 7) is 12.7. The smallest absolute Gasteiger partial charge is 0.410 e. The third-order valence-corrected chi connectivity index (χ3v) is 4.44. The standard InChI is InChI=1S/C19H36N4O4/c1-8-10-22(18(25)27-19(3,4)5)11-9-21-17(20-6)23-12-14(2)15(13-23)16(24)26-7/h14-15H,8-13H2,1-7H3,(H,20,21). The van der Waals surface area contributed by atoms with Crippen molar-refractivity contribution in [2.24, 2.45) is 16.8 Å². The van der Waals surface area contributed by atoms with Gasteiger partial charge < -0.3 is 24.6 Å². The zero-order chi connectivity index (χ0) is 20.6. The van der Waals surface area contributed by atoms with Crippen LogP contribution in [0, 0.1) is 11.8 Å². The predicted octanol–water partition coefficient (Wildman–Crippen LogP) is 1.95. The lowest BCUT2D eigenvalue weighted by Gasteiger charge is -2.28. The Morgan fingerprint density at radius 1 is 1.26 bits per heavy atom. The van der Waals surface area contributed by atoms with Gasteiger partial charge in [-0.05, 0) is 33.1 Å². The molecule has 0 aromatic carbocycles. The monoisotopic (exact) mass is 384 g/mol. The van der Waals surface area contributed by atoms with Gasteiger partial charge in [-0.3, -0.25) is 9.79 Å². The van der Waals surface area contributed by atoms with Crippen molar-refractivity contribution >= 4 is 18.0 Å². The number of carbonyl (C=O) groups excluding carboxylic acids is 2. The highest BCUT2D eigenvalue weighted by Crippen LogP contribution is 2.24. The molecule has 0 bridgehead atoms. The topological polar surface area (TPSA) is 83.5 Å². The fourth-order valence-electron chi connectivity index (χ4n) is 3.12. The van der Waals surface area contributed by atoms with Gasteiger partial charge in [-0.25, -0.2) is 4.79 Å². The molecule has 8 nitrogen and oxygen atoms in total. The first kappa shape index (κ1) is 23.0. The van der Waals surface area contributed by atoms with Crippen molar-refractivity contribution in [3.63, 3.8) is 0 Å². The lowest BCUT2D eigenvalue weighted by Crippen LogP contribution is -2.45. The molecule has 1 heterocycles. The van der Waals surface area contributed by atoms with E-state index in [2.05, 4.69) is 15.2 Å². The molecule has 2 atom stereocenters. The van der Waals surface area contributed by atoms with E-state index in [1.807, 2.05) is 34.6 Å². The molecule has 1 N–H and O–H groups in total. The summed E-state index contributed by atoms with van der Waals surface area (Å²) < 4.78 is 10.4. The maximum atomic E-state index is 12.3. The Balaban J connectivity index is 2.58. The van der Waals surface area contributed by atoms with Crippen LogP contribution in [0.3, 0.4) is 0 Å². The second-order valence-electron chi connectivity index (χ2n) is 7.95. The maximum Gasteiger partial charge on any atom is 0.410 e. The van der Waals surface area contributed by atoms with Crippen LogP contribution in [0.5, 0.6) is 0 Å². The number of esters is 1. The largest absolute Gasteiger partial charge is 0.469 e. The average molecular weight is 385 g/mol. The second-order valence-corrected chi connectivity index (χ2v) is 7.95. The second kappa shape index (κ2) is 10.4. The summed E-state index contributed by atoms with van der Waals surface area (Å²) in [6, 6.07) is 0. The number of aliphatic imine (C=N–C) groups is 1. The summed E-state index contributed by atoms with van der Waals surface area (Å²) in [5, 5.41) is 3.29. The lowest BCUT2D eigenvalue weighted by molar-refractivity contribution is -0.146. The molecule has 0 aromatic heterocycles. The number of hydrogen-bond donors (Lipinski definition) is 1. The van der Waals surface area contributed by atoms with Crippen LogP contribution in [0.4, 0.5) is 4.79 Å². The van der Waals surface area contributed by atoms with Crippen LogP contribution in [0.15, 0.2) is 4.99 Å². The van der Waals surface area contributed by atoms with E-state index < -0.39 is 5.60 Å². The van der Waals surface area contributed by atoms with Gasteiger partial charge in [-0.1, -0.05) is 13.8 Å². The number of guanidine groups is 1. The van der Waals surface area contributed by atoms with Gasteiger partial charge in [-0.15, -0.1) is 0 Å². The molecule has 8 heteroatoms. The molecular formula is C19H36N4O4. The fourth-order valence-corrected chi connectivity index (χ4v) is 3.12. The Labute approximate surface area is 163 Å². The molecule has 156 valence electrons. The van der Waals surface area contributed by atoms with Crippen molar-refractivity contribution in [3.05, 3.63) is 0 Å². The highest BCUT2D eigenvalue weighted by molar-refractivity contribution is 5.82. The van der Waals surface area contributed by atoms with E-state index in [1.54, 1.807) is 11.9 Å². The van der Waals surface area contributed by atoms with E-state index in [1.165, 1.54) is 7.11 Å². The number of amides is 1. The van der Waals surface area contributed by atoms with Crippen LogP contribution in [0.2, 0.25) is 0 Å². The first-order valence-electron chi connectivity index (χ1n) is 9.64. The van der Waals surface area contributed by atoms with E-state index in [-0.39, 0.29) is 23.9 Å². The van der Waals surface area contributed by atoms with Gasteiger partial charge in [-0.2, -0.15) is 0 Å². The summed E-state index contributed by atoms with van der Waals surface area (Å²) in [5.74, 6) is 0.606. The molecule has 1 rings (SSSR count). The predicted molar refractivity (Wildman–Crippen MR) is 106 cm³/mol. The first-order valence-corrected chi connectivity index (χ1v) is 9.64. The van der Waals surface area contributed by atoms with Crippen LogP contribution >= 0.6 is 0 Å². The van der Waals surface area contributed by atoms with Crippen LogP contribution in [0.1, 0.15) is 41.0 Å². The lowest BCUT2D eigenvalue weighted by atomic mass is 9.99. The molecular weight excluding hydrogens is 348 g/mol. The third kappa shape index (κ3) is 7.27. The molecule has 1 amide bonds. The molecule has 27 heavy (non-hydrogen) atoms. The molecule has 1 fully saturated rings. The SMILES string of the molecule is CCCN(CCNC(=NC)N1CC(C)C(C(=O)OC)C1)C(=O)OC(C)(C)C. The Hall–Kier alpha value is -1.99. The summed E-state index contributed by atoms with van der Waals surface area (Å²) in [5.41, 5.74) is -0.513. The van der Waals surface area contributed by atoms with Crippen molar-refractivity contribution < 1.29 is 19.1 Å². The molecule has 0 aromatic rings. The number of hydrogen-bond acceptors (Lipinski definition) is 5. The van der Waals surface area contributed by atoms with Crippen molar-refractivity contribution in [3.8, 4) is 0 Å². The Bertz CT molecular complexity index is 530. The van der Waals surface area contributed by atoms with E-state index in [4.69, 9.17) is 9.47 Å². The number of likely N-dealkylation sites (tertiary alicyclic amines) is 1. The van der Waals surface area contributed by atoms with Gasteiger partial charge in [0.1, 0.15) is 5.60 Å². The van der Waals surface area contributed by atoms with Crippen molar-refractivity contribution in [1.29, 1.82) is 0 Å². The van der Waals surface area contributed by atoms with Gasteiger partial charge in [0.15, 0.2) is 5.96 Å². The quantitative estimate of drug-likeness (QED) is 0.428. The average Bonchev–Trinajstić information content (AvgIpc) is 2.97. The molecule has 1 saturated heterocycles. The minimum atomic E-state index is -0.513. The number of carbonyl (C=O) groups is 2. The molecule has 0 saturated carbocycles. The normalized spacial score (nSPS) is 20.4. The van der Waals surface area contributed by atoms with Gasteiger partial charge in [0.25, 0.3) is 0 Å². The van der Waals surface area contributed by atoms with Crippen LogP contribution < -0.4 is 5.32 Å². The number of rotatable bonds is 6. The molecule has 0 radical (unpaired) electrons. The molecule has 2 unspecified atom stereocenters. The van der Waals surface area contributed by atoms with Crippen molar-refractivity contribution in [1.82, 2.24) is 15.1 Å². The van der Waals surface area contributed by atoms with E-state index in [9.17, 15) is 9.59 Å². The van der Waals surface area contributed by atoms with E-state index >= 15 is 0 Å². The molecule has 0 aliphatic carbocycles. The zero-order valence-electron chi connectivity index (χ0n) is 17.9. The van der Waals surface area contributed by atoms with Gasteiger partial charge >= 0.3 is 12.1 Å². The molecule has 0 spiro atoms. The first-order chi connectivity index (χ1) is 12.6. The van der Waals surface area contributed by atoms with Crippen LogP contribution in [-0.2, 0) is 14.3 Å². The molecule has 1 aliphatic heterocycles. The minimum absolute atomic E-state index is 0.146. The van der Waals surface area contributed by atoms with Crippen LogP contribution in [0.25, 0.3) is 0 Å². The van der Waals surface area contributed by atoms with E-state index in [0.717, 1.165) is 18.9 Å². The summed E-state index contributed by atoms with van der Waals surface area (Å²) >= 11 is 0. The summed E-state index contributed by atoms with van der Waals surface area (Å²) in [4.78, 5) is 32.3. The highest BCUT2D eigenvalue weighted by atomic mass is 16.6. The molecule has 1 aliphatic rings. The summed E-state index contributed by atoms with van der Waals surface area (Å²) in [6.07, 6.45) is 0.556. The highest BCUT2D eigenvalue weighted by Gasteiger charge is 2.36. The number of nitrogens with one attached hydrogen (secondary N) is 1. The van der Waals surface area contributed by atoms with Crippen molar-refractivity contribution in [2.75, 3.05) is 46.9 Å². The van der Waals surface area contributed by atoms with Gasteiger partial charge in [0.05, 0.1) is 13.0 Å². The third-order valence-electron chi connectivity index (χ3n) is 4.44. The number of ether oxygens (including phenoxy) is 2. The number of nitrogens with zero attached hydrogens (tertiary/aromatic N) is 3. The van der Waals surface area contributed by atoms with Crippen molar-refractivity contribution in [2.45, 2.75) is 46.6 Å². The van der Waals surface area contributed by atoms with E-state index in [0.29, 0.717) is 26.2 Å². The minimum Gasteiger partial charge on any atom is -0.469 e. The Morgan fingerprint density at radius 2 is 1.93 bits per heavy atom. The number of methoxy groups -OCH3 is 1. The maximum absolute atomic E-state index is 12.3. The summed E-state index contributed by atoms with van der Waals surface area (Å²) in [7, 11) is 3.14. The zero-order valence-corrected chi connectivity index (χ0v) is 17.9.